The van der Waals surface area contributed by atoms with Crippen molar-refractivity contribution in [3.8, 4) is 0 Å². The monoisotopic (exact) mass is 370 g/mol. The van der Waals surface area contributed by atoms with Gasteiger partial charge in [-0.3, -0.25) is 4.68 Å². The Balaban J connectivity index is 1.65. The molecule has 2 amide bonds. The molecule has 1 aromatic carbocycles. The molecule has 0 aliphatic carbocycles. The minimum absolute atomic E-state index is 0.179. The molecule has 0 bridgehead atoms. The third-order valence-corrected chi connectivity index (χ3v) is 3.23. The Morgan fingerprint density at radius 2 is 2.11 bits per heavy atom. The number of amides is 2. The van der Waals surface area contributed by atoms with Crippen molar-refractivity contribution < 1.29 is 4.79 Å². The van der Waals surface area contributed by atoms with Gasteiger partial charge in [0.05, 0.1) is 0 Å². The topological polar surface area (TPSA) is 59.0 Å². The maximum absolute atomic E-state index is 11.6. The lowest BCUT2D eigenvalue weighted by Gasteiger charge is -2.07. The van der Waals surface area contributed by atoms with Crippen LogP contribution in [0.1, 0.15) is 6.42 Å². The van der Waals surface area contributed by atoms with E-state index in [2.05, 4.69) is 38.3 Å². The number of halogens is 1. The Hall–Kier alpha value is -1.57. The molecule has 2 rings (SSSR count). The number of aromatic nitrogens is 2. The van der Waals surface area contributed by atoms with E-state index >= 15 is 0 Å². The Bertz CT molecular complexity index is 510. The second-order valence-electron chi connectivity index (χ2n) is 4.01. The van der Waals surface area contributed by atoms with E-state index in [1.807, 2.05) is 41.2 Å². The van der Waals surface area contributed by atoms with Crippen molar-refractivity contribution in [1.29, 1.82) is 0 Å². The molecule has 0 atom stereocenters. The molecule has 1 aromatic heterocycles. The standard InChI is InChI=1S/C13H15IN4O/c14-11-3-5-12(6-4-11)17-13(19)15-7-1-9-18-10-2-8-16-18/h2-6,8,10H,1,7,9H2,(H2,15,17,19). The van der Waals surface area contributed by atoms with Crippen LogP contribution in [0.4, 0.5) is 10.5 Å². The molecule has 0 unspecified atom stereocenters. The minimum atomic E-state index is -0.179. The quantitative estimate of drug-likeness (QED) is 0.628. The van der Waals surface area contributed by atoms with Gasteiger partial charge < -0.3 is 10.6 Å². The molecule has 0 aliphatic heterocycles. The molecule has 5 nitrogen and oxygen atoms in total. The number of benzene rings is 1. The number of hydrogen-bond acceptors (Lipinski definition) is 2. The van der Waals surface area contributed by atoms with E-state index in [1.54, 1.807) is 6.20 Å². The molecule has 0 aliphatic rings. The van der Waals surface area contributed by atoms with Crippen LogP contribution in [0.5, 0.6) is 0 Å². The van der Waals surface area contributed by atoms with E-state index in [0.29, 0.717) is 6.54 Å². The van der Waals surface area contributed by atoms with Gasteiger partial charge in [0.15, 0.2) is 0 Å². The van der Waals surface area contributed by atoms with Crippen LogP contribution < -0.4 is 10.6 Å². The summed E-state index contributed by atoms with van der Waals surface area (Å²) in [5, 5.41) is 9.70. The number of carbonyl (C=O) groups is 1. The smallest absolute Gasteiger partial charge is 0.319 e. The van der Waals surface area contributed by atoms with Gasteiger partial charge in [0, 0.05) is 34.7 Å². The second kappa shape index (κ2) is 7.13. The van der Waals surface area contributed by atoms with E-state index < -0.39 is 0 Å². The molecule has 2 N–H and O–H groups in total. The third kappa shape index (κ3) is 4.90. The summed E-state index contributed by atoms with van der Waals surface area (Å²) < 4.78 is 2.99. The molecule has 0 fully saturated rings. The summed E-state index contributed by atoms with van der Waals surface area (Å²) in [5.41, 5.74) is 0.796. The largest absolute Gasteiger partial charge is 0.338 e. The zero-order valence-electron chi connectivity index (χ0n) is 10.3. The fourth-order valence-electron chi connectivity index (χ4n) is 1.58. The van der Waals surface area contributed by atoms with Crippen molar-refractivity contribution in [3.05, 3.63) is 46.3 Å². The highest BCUT2D eigenvalue weighted by Gasteiger charge is 2.00. The first-order valence-electron chi connectivity index (χ1n) is 6.02. The Kier molecular flexibility index (Phi) is 5.20. The Morgan fingerprint density at radius 1 is 1.32 bits per heavy atom. The lowest BCUT2D eigenvalue weighted by molar-refractivity contribution is 0.251. The summed E-state index contributed by atoms with van der Waals surface area (Å²) in [7, 11) is 0. The van der Waals surface area contributed by atoms with Gasteiger partial charge in [0.2, 0.25) is 0 Å². The normalized spacial score (nSPS) is 10.2. The summed E-state index contributed by atoms with van der Waals surface area (Å²) in [4.78, 5) is 11.6. The molecule has 6 heteroatoms. The predicted octanol–water partition coefficient (Wildman–Crippen LogP) is 2.70. The van der Waals surface area contributed by atoms with Crippen molar-refractivity contribution >= 4 is 34.3 Å². The van der Waals surface area contributed by atoms with Gasteiger partial charge in [-0.1, -0.05) is 0 Å². The zero-order valence-corrected chi connectivity index (χ0v) is 12.5. The fourth-order valence-corrected chi connectivity index (χ4v) is 1.94. The van der Waals surface area contributed by atoms with Gasteiger partial charge in [-0.25, -0.2) is 4.79 Å². The lowest BCUT2D eigenvalue weighted by atomic mass is 10.3. The highest BCUT2D eigenvalue weighted by Crippen LogP contribution is 2.10. The average Bonchev–Trinajstić information content (AvgIpc) is 2.91. The van der Waals surface area contributed by atoms with Gasteiger partial charge in [0.25, 0.3) is 0 Å². The van der Waals surface area contributed by atoms with Crippen LogP contribution >= 0.6 is 22.6 Å². The van der Waals surface area contributed by atoms with Crippen LogP contribution in [0.2, 0.25) is 0 Å². The summed E-state index contributed by atoms with van der Waals surface area (Å²) in [6, 6.07) is 9.37. The molecule has 19 heavy (non-hydrogen) atoms. The fraction of sp³-hybridized carbons (Fsp3) is 0.231. The Labute approximate surface area is 125 Å². The van der Waals surface area contributed by atoms with Gasteiger partial charge in [0.1, 0.15) is 0 Å². The molecular weight excluding hydrogens is 355 g/mol. The number of urea groups is 1. The van der Waals surface area contributed by atoms with E-state index in [0.717, 1.165) is 22.2 Å². The van der Waals surface area contributed by atoms with Gasteiger partial charge >= 0.3 is 6.03 Å². The maximum atomic E-state index is 11.6. The van der Waals surface area contributed by atoms with Crippen molar-refractivity contribution in [1.82, 2.24) is 15.1 Å². The molecule has 100 valence electrons. The number of nitrogens with zero attached hydrogens (tertiary/aromatic N) is 2. The molecule has 0 radical (unpaired) electrons. The van der Waals surface area contributed by atoms with Crippen LogP contribution in [-0.4, -0.2) is 22.4 Å². The molecule has 0 spiro atoms. The average molecular weight is 370 g/mol. The number of nitrogens with one attached hydrogen (secondary N) is 2. The van der Waals surface area contributed by atoms with Crippen molar-refractivity contribution in [2.24, 2.45) is 0 Å². The summed E-state index contributed by atoms with van der Waals surface area (Å²) in [6.07, 6.45) is 4.50. The SMILES string of the molecule is O=C(NCCCn1cccn1)Nc1ccc(I)cc1. The lowest BCUT2D eigenvalue weighted by Crippen LogP contribution is -2.30. The molecule has 0 saturated heterocycles. The van der Waals surface area contributed by atoms with Crippen molar-refractivity contribution in [2.45, 2.75) is 13.0 Å². The highest BCUT2D eigenvalue weighted by atomic mass is 127. The van der Waals surface area contributed by atoms with E-state index in [-0.39, 0.29) is 6.03 Å². The van der Waals surface area contributed by atoms with Gasteiger partial charge in [-0.2, -0.15) is 5.10 Å². The first-order chi connectivity index (χ1) is 9.24. The Morgan fingerprint density at radius 3 is 2.79 bits per heavy atom. The summed E-state index contributed by atoms with van der Waals surface area (Å²) >= 11 is 2.23. The molecular formula is C13H15IN4O. The minimum Gasteiger partial charge on any atom is -0.338 e. The number of carbonyl (C=O) groups excluding carboxylic acids is 1. The van der Waals surface area contributed by atoms with Crippen LogP contribution in [0.25, 0.3) is 0 Å². The third-order valence-electron chi connectivity index (χ3n) is 2.51. The number of rotatable bonds is 5. The van der Waals surface area contributed by atoms with Crippen LogP contribution in [0.15, 0.2) is 42.7 Å². The van der Waals surface area contributed by atoms with Crippen LogP contribution in [0.3, 0.4) is 0 Å². The number of anilines is 1. The van der Waals surface area contributed by atoms with Crippen LogP contribution in [0, 0.1) is 3.57 Å². The van der Waals surface area contributed by atoms with Gasteiger partial charge in [-0.15, -0.1) is 0 Å². The maximum Gasteiger partial charge on any atom is 0.319 e. The number of aryl methyl sites for hydroxylation is 1. The zero-order chi connectivity index (χ0) is 13.5. The van der Waals surface area contributed by atoms with E-state index in [4.69, 9.17) is 0 Å². The van der Waals surface area contributed by atoms with Crippen molar-refractivity contribution in [2.75, 3.05) is 11.9 Å². The van der Waals surface area contributed by atoms with Crippen molar-refractivity contribution in [3.63, 3.8) is 0 Å². The number of hydrogen-bond donors (Lipinski definition) is 2. The first-order valence-corrected chi connectivity index (χ1v) is 7.10. The summed E-state index contributed by atoms with van der Waals surface area (Å²) in [6.45, 7) is 1.42. The van der Waals surface area contributed by atoms with Crippen LogP contribution in [-0.2, 0) is 6.54 Å². The van der Waals surface area contributed by atoms with E-state index in [1.165, 1.54) is 0 Å². The highest BCUT2D eigenvalue weighted by molar-refractivity contribution is 14.1. The molecule has 2 aromatic rings. The second-order valence-corrected chi connectivity index (χ2v) is 5.26. The molecule has 1 heterocycles. The van der Waals surface area contributed by atoms with Gasteiger partial charge in [-0.05, 0) is 59.3 Å². The predicted molar refractivity (Wildman–Crippen MR) is 83.0 cm³/mol. The van der Waals surface area contributed by atoms with E-state index in [9.17, 15) is 4.79 Å². The summed E-state index contributed by atoms with van der Waals surface area (Å²) in [5.74, 6) is 0. The first kappa shape index (κ1) is 13.9. The molecule has 0 saturated carbocycles.